The van der Waals surface area contributed by atoms with Crippen LogP contribution in [0.5, 0.6) is 0 Å². The number of unbranched alkanes of at least 4 members (excludes halogenated alkanes) is 1. The maximum atomic E-state index is 13.9. The highest BCUT2D eigenvalue weighted by atomic mass is 35.5. The fraction of sp³-hybridized carbons (Fsp3) is 0.818. The molecule has 0 amide bonds. The van der Waals surface area contributed by atoms with Gasteiger partial charge in [-0.05, 0) is 19.3 Å². The second kappa shape index (κ2) is 7.98. The Balaban J connectivity index is 6.01. The molecule has 0 aromatic rings. The molecule has 13 heteroatoms. The molecule has 0 spiro atoms. The molecule has 0 N–H and O–H groups in total. The van der Waals surface area contributed by atoms with Gasteiger partial charge in [0.1, 0.15) is 0 Å². The lowest BCUT2D eigenvalue weighted by atomic mass is 9.87. The topological polar surface area (TPSA) is 18.5 Å². The first-order valence-electron chi connectivity index (χ1n) is 6.03. The second-order valence-electron chi connectivity index (χ2n) is 4.40. The van der Waals surface area contributed by atoms with Gasteiger partial charge in [-0.15, -0.1) is 11.6 Å². The lowest BCUT2D eigenvalue weighted by Crippen LogP contribution is -2.67. The van der Waals surface area contributed by atoms with Crippen LogP contribution in [0.25, 0.3) is 0 Å². The zero-order chi connectivity index (χ0) is 19.4. The smallest absolute Gasteiger partial charge is 0.398 e. The van der Waals surface area contributed by atoms with E-state index < -0.39 is 48.7 Å². The summed E-state index contributed by atoms with van der Waals surface area (Å²) in [4.78, 5) is 0. The van der Waals surface area contributed by atoms with Crippen molar-refractivity contribution in [3.63, 3.8) is 0 Å². The summed E-state index contributed by atoms with van der Waals surface area (Å²) < 4.78 is 136. The first kappa shape index (κ1) is 23.1. The van der Waals surface area contributed by atoms with Crippen LogP contribution in [-0.2, 0) is 9.47 Å². The van der Waals surface area contributed by atoms with E-state index in [0.717, 1.165) is 0 Å². The molecule has 144 valence electrons. The molecule has 0 heterocycles. The zero-order valence-electron chi connectivity index (χ0n) is 11.8. The molecule has 0 aliphatic carbocycles. The molecular formula is C11H11ClF10O2. The van der Waals surface area contributed by atoms with E-state index in [1.807, 2.05) is 0 Å². The number of alkyl halides is 8. The van der Waals surface area contributed by atoms with Gasteiger partial charge >= 0.3 is 30.3 Å². The van der Waals surface area contributed by atoms with E-state index in [1.165, 1.54) is 0 Å². The van der Waals surface area contributed by atoms with Crippen LogP contribution < -0.4 is 0 Å². The van der Waals surface area contributed by atoms with Crippen molar-refractivity contribution in [2.45, 2.75) is 43.1 Å². The average Bonchev–Trinajstić information content (AvgIpc) is 2.41. The van der Waals surface area contributed by atoms with Crippen LogP contribution >= 0.6 is 11.6 Å². The summed E-state index contributed by atoms with van der Waals surface area (Å²) in [6, 6.07) is -3.44. The summed E-state index contributed by atoms with van der Waals surface area (Å²) >= 11 is 5.17. The van der Waals surface area contributed by atoms with Gasteiger partial charge in [0.05, 0.1) is 0 Å². The number of methoxy groups -OCH3 is 1. The van der Waals surface area contributed by atoms with Gasteiger partial charge in [-0.1, -0.05) is 0 Å². The molecule has 0 fully saturated rings. The van der Waals surface area contributed by atoms with Crippen molar-refractivity contribution in [1.29, 1.82) is 0 Å². The number of halogens is 11. The van der Waals surface area contributed by atoms with E-state index >= 15 is 0 Å². The lowest BCUT2D eigenvalue weighted by molar-refractivity contribution is -0.431. The molecule has 0 aliphatic rings. The quantitative estimate of drug-likeness (QED) is 0.216. The monoisotopic (exact) mass is 400 g/mol. The van der Waals surface area contributed by atoms with Gasteiger partial charge in [0, 0.05) is 13.0 Å². The molecule has 0 saturated carbocycles. The first-order valence-corrected chi connectivity index (χ1v) is 6.57. The largest absolute Gasteiger partial charge is 0.469 e. The van der Waals surface area contributed by atoms with E-state index in [4.69, 9.17) is 11.6 Å². The summed E-state index contributed by atoms with van der Waals surface area (Å²) in [5.74, 6) is -6.51. The van der Waals surface area contributed by atoms with E-state index in [9.17, 15) is 43.9 Å². The molecule has 0 saturated heterocycles. The Labute approximate surface area is 134 Å². The Hall–Kier alpha value is -0.910. The van der Waals surface area contributed by atoms with Crippen LogP contribution in [0.15, 0.2) is 12.1 Å². The molecule has 0 aromatic heterocycles. The van der Waals surface area contributed by atoms with Crippen molar-refractivity contribution < 1.29 is 53.4 Å². The number of rotatable bonds is 9. The third-order valence-corrected chi connectivity index (χ3v) is 3.23. The Kier molecular flexibility index (Phi) is 7.68. The van der Waals surface area contributed by atoms with Crippen molar-refractivity contribution in [3.8, 4) is 0 Å². The van der Waals surface area contributed by atoms with E-state index in [0.29, 0.717) is 0 Å². The van der Waals surface area contributed by atoms with Gasteiger partial charge in [-0.3, -0.25) is 0 Å². The highest BCUT2D eigenvalue weighted by Gasteiger charge is 2.80. The van der Waals surface area contributed by atoms with Crippen molar-refractivity contribution in [3.05, 3.63) is 12.1 Å². The highest BCUT2D eigenvalue weighted by molar-refractivity contribution is 6.17. The number of hydrogen-bond donors (Lipinski definition) is 0. The lowest BCUT2D eigenvalue weighted by Gasteiger charge is -2.42. The Morgan fingerprint density at radius 3 is 1.75 bits per heavy atom. The summed E-state index contributed by atoms with van der Waals surface area (Å²) in [5.41, 5.74) is -4.82. The van der Waals surface area contributed by atoms with Crippen molar-refractivity contribution >= 4 is 11.6 Å². The summed E-state index contributed by atoms with van der Waals surface area (Å²) in [5, 5.41) is 0. The first-order chi connectivity index (χ1) is 10.7. The minimum atomic E-state index is -6.28. The fourth-order valence-electron chi connectivity index (χ4n) is 1.74. The van der Waals surface area contributed by atoms with Crippen molar-refractivity contribution in [2.75, 3.05) is 13.0 Å². The predicted molar refractivity (Wildman–Crippen MR) is 61.7 cm³/mol. The molecule has 0 radical (unpaired) electrons. The van der Waals surface area contributed by atoms with Crippen molar-refractivity contribution in [1.82, 2.24) is 0 Å². The molecule has 24 heavy (non-hydrogen) atoms. The third-order valence-electron chi connectivity index (χ3n) is 2.96. The van der Waals surface area contributed by atoms with Gasteiger partial charge < -0.3 is 9.47 Å². The average molecular weight is 401 g/mol. The molecular weight excluding hydrogens is 390 g/mol. The molecule has 1 atom stereocenters. The minimum Gasteiger partial charge on any atom is -0.398 e. The third kappa shape index (κ3) is 4.38. The van der Waals surface area contributed by atoms with E-state index in [2.05, 4.69) is 9.47 Å². The maximum Gasteiger partial charge on any atom is 0.469 e. The molecule has 2 nitrogen and oxygen atoms in total. The summed E-state index contributed by atoms with van der Waals surface area (Å²) in [6.45, 7) is 0. The zero-order valence-corrected chi connectivity index (χ0v) is 12.6. The normalized spacial score (nSPS) is 15.8. The molecule has 0 aromatic carbocycles. The van der Waals surface area contributed by atoms with Crippen molar-refractivity contribution in [2.24, 2.45) is 0 Å². The van der Waals surface area contributed by atoms with Crippen LogP contribution in [0.1, 0.15) is 19.3 Å². The molecule has 0 bridgehead atoms. The summed E-state index contributed by atoms with van der Waals surface area (Å²) in [7, 11) is 0.0696. The van der Waals surface area contributed by atoms with Crippen LogP contribution in [0.4, 0.5) is 43.9 Å². The van der Waals surface area contributed by atoms with E-state index in [-0.39, 0.29) is 19.4 Å². The molecule has 1 unspecified atom stereocenters. The van der Waals surface area contributed by atoms with E-state index in [1.54, 1.807) is 0 Å². The minimum absolute atomic E-state index is 0.0696. The van der Waals surface area contributed by atoms with Gasteiger partial charge in [0.2, 0.25) is 5.60 Å². The van der Waals surface area contributed by atoms with Crippen LogP contribution in [0, 0.1) is 0 Å². The standard InChI is InChI=1S/C11H11ClF10O2/c1-23-8(10(18,19)20,4-2-3-5-12)9(16,17)11(21,22)24-7(15)6(13)14/h2-5H2,1H3. The van der Waals surface area contributed by atoms with Crippen LogP contribution in [0.3, 0.4) is 0 Å². The van der Waals surface area contributed by atoms with Crippen LogP contribution in [0.2, 0.25) is 0 Å². The number of ether oxygens (including phenoxy) is 2. The Morgan fingerprint density at radius 1 is 0.917 bits per heavy atom. The molecule has 0 aliphatic heterocycles. The Morgan fingerprint density at radius 2 is 1.42 bits per heavy atom. The van der Waals surface area contributed by atoms with Gasteiger partial charge in [0.15, 0.2) is 0 Å². The fourth-order valence-corrected chi connectivity index (χ4v) is 1.93. The maximum absolute atomic E-state index is 13.9. The van der Waals surface area contributed by atoms with Crippen LogP contribution in [-0.4, -0.2) is 36.8 Å². The predicted octanol–water partition coefficient (Wildman–Crippen LogP) is 5.62. The SMILES string of the molecule is COC(CCCCCl)(C(F)(F)F)C(F)(F)C(F)(F)OC(F)=C(F)F. The van der Waals surface area contributed by atoms with Gasteiger partial charge in [0.25, 0.3) is 0 Å². The summed E-state index contributed by atoms with van der Waals surface area (Å²) in [6.07, 6.45) is -18.6. The number of hydrogen-bond acceptors (Lipinski definition) is 2. The highest BCUT2D eigenvalue weighted by Crippen LogP contribution is 2.54. The molecule has 0 rings (SSSR count). The van der Waals surface area contributed by atoms with Gasteiger partial charge in [-0.25, -0.2) is 0 Å². The second-order valence-corrected chi connectivity index (χ2v) is 4.78. The Bertz CT molecular complexity index is 447. The van der Waals surface area contributed by atoms with Gasteiger partial charge in [-0.2, -0.15) is 43.9 Å².